The van der Waals surface area contributed by atoms with Crippen molar-refractivity contribution in [2.45, 2.75) is 11.8 Å². The summed E-state index contributed by atoms with van der Waals surface area (Å²) in [4.78, 5) is 0. The molecule has 1 N–H and O–H groups in total. The van der Waals surface area contributed by atoms with Crippen LogP contribution in [0.3, 0.4) is 0 Å². The monoisotopic (exact) mass is 331 g/mol. The van der Waals surface area contributed by atoms with Crippen LogP contribution >= 0.6 is 15.9 Å². The zero-order chi connectivity index (χ0) is 13.8. The fraction of sp³-hybridized carbons (Fsp3) is 0.294. The zero-order valence-corrected chi connectivity index (χ0v) is 12.9. The van der Waals surface area contributed by atoms with Crippen LogP contribution in [0, 0.1) is 0 Å². The van der Waals surface area contributed by atoms with E-state index in [1.807, 2.05) is 30.3 Å². The summed E-state index contributed by atoms with van der Waals surface area (Å²) in [7, 11) is 0. The third-order valence-electron chi connectivity index (χ3n) is 3.96. The Balaban J connectivity index is 1.67. The molecule has 0 unspecified atom stereocenters. The van der Waals surface area contributed by atoms with E-state index < -0.39 is 0 Å². The topological polar surface area (TPSA) is 21.3 Å². The Hall–Kier alpha value is -1.32. The summed E-state index contributed by atoms with van der Waals surface area (Å²) < 4.78 is 7.05. The molecule has 20 heavy (non-hydrogen) atoms. The largest absolute Gasteiger partial charge is 0.494 e. The fourth-order valence-corrected chi connectivity index (χ4v) is 3.41. The predicted octanol–water partition coefficient (Wildman–Crippen LogP) is 3.76. The van der Waals surface area contributed by atoms with Crippen LogP contribution in [-0.4, -0.2) is 19.7 Å². The van der Waals surface area contributed by atoms with Gasteiger partial charge in [0.2, 0.25) is 0 Å². The van der Waals surface area contributed by atoms with Crippen molar-refractivity contribution in [1.82, 2.24) is 5.32 Å². The molecule has 0 aliphatic carbocycles. The number of rotatable bonds is 5. The van der Waals surface area contributed by atoms with Gasteiger partial charge in [0.25, 0.3) is 0 Å². The van der Waals surface area contributed by atoms with Gasteiger partial charge >= 0.3 is 0 Å². The summed E-state index contributed by atoms with van der Waals surface area (Å²) in [6, 6.07) is 18.5. The quantitative estimate of drug-likeness (QED) is 0.900. The predicted molar refractivity (Wildman–Crippen MR) is 85.2 cm³/mol. The van der Waals surface area contributed by atoms with Crippen molar-refractivity contribution in [2.24, 2.45) is 0 Å². The Morgan fingerprint density at radius 1 is 1.00 bits per heavy atom. The Labute approximate surface area is 128 Å². The Morgan fingerprint density at radius 2 is 1.70 bits per heavy atom. The number of nitrogens with one attached hydrogen (secondary N) is 1. The molecule has 0 spiro atoms. The molecule has 0 amide bonds. The minimum Gasteiger partial charge on any atom is -0.494 e. The number of hydrogen-bond acceptors (Lipinski definition) is 2. The van der Waals surface area contributed by atoms with E-state index in [1.54, 1.807) is 0 Å². The normalized spacial score (nSPS) is 16.4. The molecular formula is C17H18BrNO. The molecule has 3 heteroatoms. The lowest BCUT2D eigenvalue weighted by molar-refractivity contribution is 0.198. The van der Waals surface area contributed by atoms with Crippen molar-refractivity contribution >= 4 is 15.9 Å². The number of benzene rings is 2. The summed E-state index contributed by atoms with van der Waals surface area (Å²) in [6.45, 7) is 2.79. The lowest BCUT2D eigenvalue weighted by atomic mass is 9.73. The smallest absolute Gasteiger partial charge is 0.119 e. The summed E-state index contributed by atoms with van der Waals surface area (Å²) in [5.41, 5.74) is 1.59. The molecule has 3 rings (SSSR count). The van der Waals surface area contributed by atoms with Gasteiger partial charge in [0.1, 0.15) is 5.75 Å². The van der Waals surface area contributed by atoms with Gasteiger partial charge in [-0.1, -0.05) is 52.3 Å². The summed E-state index contributed by atoms with van der Waals surface area (Å²) in [6.07, 6.45) is 1.03. The Kier molecular flexibility index (Phi) is 4.08. The van der Waals surface area contributed by atoms with Crippen LogP contribution in [0.1, 0.15) is 12.0 Å². The van der Waals surface area contributed by atoms with E-state index in [2.05, 4.69) is 45.5 Å². The van der Waals surface area contributed by atoms with E-state index in [0.717, 1.165) is 31.9 Å². The molecule has 0 saturated carbocycles. The lowest BCUT2D eigenvalue weighted by Crippen LogP contribution is -2.57. The van der Waals surface area contributed by atoms with E-state index in [4.69, 9.17) is 4.74 Å². The standard InChI is InChI=1S/C17H18BrNO/c18-16-9-5-4-8-15(16)17(12-19-13-17)10-11-20-14-6-2-1-3-7-14/h1-9,19H,10-13H2. The van der Waals surface area contributed by atoms with Crippen molar-refractivity contribution < 1.29 is 4.74 Å². The molecule has 1 heterocycles. The third kappa shape index (κ3) is 2.74. The van der Waals surface area contributed by atoms with E-state index in [0.29, 0.717) is 0 Å². The fourth-order valence-electron chi connectivity index (χ4n) is 2.70. The maximum Gasteiger partial charge on any atom is 0.119 e. The van der Waals surface area contributed by atoms with Crippen LogP contribution < -0.4 is 10.1 Å². The maximum absolute atomic E-state index is 5.86. The molecule has 0 bridgehead atoms. The summed E-state index contributed by atoms with van der Waals surface area (Å²) in [5.74, 6) is 0.946. The first-order valence-electron chi connectivity index (χ1n) is 6.94. The molecule has 2 aromatic rings. The Morgan fingerprint density at radius 3 is 2.35 bits per heavy atom. The van der Waals surface area contributed by atoms with Gasteiger partial charge < -0.3 is 10.1 Å². The highest BCUT2D eigenvalue weighted by molar-refractivity contribution is 9.10. The van der Waals surface area contributed by atoms with Crippen molar-refractivity contribution in [3.05, 3.63) is 64.6 Å². The zero-order valence-electron chi connectivity index (χ0n) is 11.3. The molecule has 2 nitrogen and oxygen atoms in total. The van der Waals surface area contributed by atoms with Gasteiger partial charge in [-0.2, -0.15) is 0 Å². The highest BCUT2D eigenvalue weighted by atomic mass is 79.9. The van der Waals surface area contributed by atoms with E-state index in [-0.39, 0.29) is 5.41 Å². The summed E-state index contributed by atoms with van der Waals surface area (Å²) in [5, 5.41) is 3.40. The molecule has 1 aliphatic heterocycles. The number of hydrogen-bond donors (Lipinski definition) is 1. The van der Waals surface area contributed by atoms with Crippen LogP contribution in [0.5, 0.6) is 5.75 Å². The molecule has 2 aromatic carbocycles. The first kappa shape index (κ1) is 13.7. The second-order valence-corrected chi connectivity index (χ2v) is 6.13. The Bertz CT molecular complexity index is 566. The number of ether oxygens (including phenoxy) is 1. The maximum atomic E-state index is 5.86. The van der Waals surface area contributed by atoms with Crippen molar-refractivity contribution in [3.8, 4) is 5.75 Å². The average Bonchev–Trinajstić information content (AvgIpc) is 2.44. The molecule has 104 valence electrons. The molecular weight excluding hydrogens is 314 g/mol. The molecule has 0 aromatic heterocycles. The van der Waals surface area contributed by atoms with Gasteiger partial charge in [-0.3, -0.25) is 0 Å². The highest BCUT2D eigenvalue weighted by Gasteiger charge is 2.39. The van der Waals surface area contributed by atoms with E-state index in [9.17, 15) is 0 Å². The van der Waals surface area contributed by atoms with Crippen LogP contribution in [-0.2, 0) is 5.41 Å². The van der Waals surface area contributed by atoms with E-state index >= 15 is 0 Å². The molecule has 1 saturated heterocycles. The van der Waals surface area contributed by atoms with Crippen LogP contribution in [0.15, 0.2) is 59.1 Å². The first-order valence-corrected chi connectivity index (χ1v) is 7.73. The third-order valence-corrected chi connectivity index (χ3v) is 4.66. The van der Waals surface area contributed by atoms with Gasteiger partial charge in [0.15, 0.2) is 0 Å². The molecule has 0 atom stereocenters. The summed E-state index contributed by atoms with van der Waals surface area (Å²) >= 11 is 3.68. The van der Waals surface area contributed by atoms with Crippen LogP contribution in [0.4, 0.5) is 0 Å². The minimum absolute atomic E-state index is 0.203. The van der Waals surface area contributed by atoms with Crippen molar-refractivity contribution in [1.29, 1.82) is 0 Å². The van der Waals surface area contributed by atoms with E-state index in [1.165, 1.54) is 10.0 Å². The van der Waals surface area contributed by atoms with Gasteiger partial charge in [0, 0.05) is 23.0 Å². The average molecular weight is 332 g/mol. The van der Waals surface area contributed by atoms with Crippen LogP contribution in [0.25, 0.3) is 0 Å². The first-order chi connectivity index (χ1) is 9.80. The van der Waals surface area contributed by atoms with Gasteiger partial charge in [-0.15, -0.1) is 0 Å². The second-order valence-electron chi connectivity index (χ2n) is 5.28. The number of halogens is 1. The van der Waals surface area contributed by atoms with Crippen LogP contribution in [0.2, 0.25) is 0 Å². The van der Waals surface area contributed by atoms with Gasteiger partial charge in [-0.25, -0.2) is 0 Å². The van der Waals surface area contributed by atoms with Gasteiger partial charge in [-0.05, 0) is 30.2 Å². The van der Waals surface area contributed by atoms with Crippen molar-refractivity contribution in [3.63, 3.8) is 0 Å². The highest BCUT2D eigenvalue weighted by Crippen LogP contribution is 2.36. The SMILES string of the molecule is Brc1ccccc1C1(CCOc2ccccc2)CNC1. The number of para-hydroxylation sites is 1. The minimum atomic E-state index is 0.203. The molecule has 1 aliphatic rings. The molecule has 1 fully saturated rings. The van der Waals surface area contributed by atoms with Crippen molar-refractivity contribution in [2.75, 3.05) is 19.7 Å². The second kappa shape index (κ2) is 5.98. The molecule has 0 radical (unpaired) electrons. The van der Waals surface area contributed by atoms with Gasteiger partial charge in [0.05, 0.1) is 6.61 Å². The lowest BCUT2D eigenvalue weighted by Gasteiger charge is -2.43.